The van der Waals surface area contributed by atoms with Crippen molar-refractivity contribution < 1.29 is 0 Å². The number of hydrogen-bond acceptors (Lipinski definition) is 1. The van der Waals surface area contributed by atoms with E-state index in [4.69, 9.17) is 0 Å². The van der Waals surface area contributed by atoms with E-state index in [1.165, 1.54) is 10.9 Å². The number of aromatic nitrogens is 1. The Bertz CT molecular complexity index is 498. The van der Waals surface area contributed by atoms with Crippen LogP contribution in [0, 0.1) is 6.92 Å². The highest BCUT2D eigenvalue weighted by atomic mass is 14.7. The van der Waals surface area contributed by atoms with Gasteiger partial charge in [0.2, 0.25) is 0 Å². The minimum absolute atomic E-state index is 1.07. The first-order chi connectivity index (χ1) is 7.29. The molecular weight excluding hydrogens is 182 g/mol. The Morgan fingerprint density at radius 1 is 1.20 bits per heavy atom. The molecule has 0 bridgehead atoms. The van der Waals surface area contributed by atoms with Crippen molar-refractivity contribution in [2.75, 3.05) is 0 Å². The molecule has 2 aromatic rings. The highest BCUT2D eigenvalue weighted by Gasteiger charge is 1.95. The van der Waals surface area contributed by atoms with Crippen molar-refractivity contribution >= 4 is 17.0 Å². The first kappa shape index (κ1) is 9.91. The molecule has 0 amide bonds. The minimum Gasteiger partial charge on any atom is -0.253 e. The van der Waals surface area contributed by atoms with E-state index in [1.807, 2.05) is 6.92 Å². The molecule has 1 heteroatoms. The highest BCUT2D eigenvalue weighted by molar-refractivity contribution is 5.81. The summed E-state index contributed by atoms with van der Waals surface area (Å²) in [5.74, 6) is 0. The second kappa shape index (κ2) is 4.26. The summed E-state index contributed by atoms with van der Waals surface area (Å²) in [6, 6.07) is 10.5. The van der Waals surface area contributed by atoms with Gasteiger partial charge in [0, 0.05) is 11.1 Å². The Labute approximate surface area is 90.5 Å². The van der Waals surface area contributed by atoms with Gasteiger partial charge in [-0.1, -0.05) is 31.2 Å². The molecule has 0 fully saturated rings. The molecule has 2 rings (SSSR count). The summed E-state index contributed by atoms with van der Waals surface area (Å²) in [6.45, 7) is 4.16. The van der Waals surface area contributed by atoms with E-state index < -0.39 is 0 Å². The number of pyridine rings is 1. The molecule has 0 atom stereocenters. The first-order valence-electron chi connectivity index (χ1n) is 5.33. The Balaban J connectivity index is 2.47. The molecule has 0 aliphatic heterocycles. The van der Waals surface area contributed by atoms with Crippen molar-refractivity contribution in [3.8, 4) is 0 Å². The maximum absolute atomic E-state index is 4.47. The molecule has 1 nitrogen and oxygen atoms in total. The minimum atomic E-state index is 1.07. The Hall–Kier alpha value is -1.63. The van der Waals surface area contributed by atoms with Gasteiger partial charge in [-0.05, 0) is 37.1 Å². The van der Waals surface area contributed by atoms with E-state index in [2.05, 4.69) is 54.4 Å². The zero-order valence-electron chi connectivity index (χ0n) is 9.20. The summed E-state index contributed by atoms with van der Waals surface area (Å²) in [4.78, 5) is 4.47. The molecule has 0 aliphatic rings. The number of nitrogens with zero attached hydrogens (tertiary/aromatic N) is 1. The molecule has 0 N–H and O–H groups in total. The van der Waals surface area contributed by atoms with Gasteiger partial charge >= 0.3 is 0 Å². The SMILES string of the molecule is CC/C=C/c1ccc2nc(C)ccc2c1. The van der Waals surface area contributed by atoms with Crippen LogP contribution in [-0.4, -0.2) is 4.98 Å². The third-order valence-electron chi connectivity index (χ3n) is 2.40. The molecule has 0 radical (unpaired) electrons. The van der Waals surface area contributed by atoms with E-state index in [-0.39, 0.29) is 0 Å². The van der Waals surface area contributed by atoms with Gasteiger partial charge in [0.05, 0.1) is 5.52 Å². The van der Waals surface area contributed by atoms with Crippen LogP contribution in [0.3, 0.4) is 0 Å². The normalized spacial score (nSPS) is 11.3. The lowest BCUT2D eigenvalue weighted by Gasteiger charge is -2.00. The van der Waals surface area contributed by atoms with Gasteiger partial charge in [-0.2, -0.15) is 0 Å². The lowest BCUT2D eigenvalue weighted by Crippen LogP contribution is -1.83. The van der Waals surface area contributed by atoms with Gasteiger partial charge in [0.1, 0.15) is 0 Å². The number of aryl methyl sites for hydroxylation is 1. The largest absolute Gasteiger partial charge is 0.253 e. The van der Waals surface area contributed by atoms with Crippen molar-refractivity contribution in [1.29, 1.82) is 0 Å². The topological polar surface area (TPSA) is 12.9 Å². The van der Waals surface area contributed by atoms with Gasteiger partial charge in [-0.15, -0.1) is 0 Å². The molecule has 15 heavy (non-hydrogen) atoms. The van der Waals surface area contributed by atoms with Crippen LogP contribution >= 0.6 is 0 Å². The van der Waals surface area contributed by atoms with Crippen molar-refractivity contribution in [3.05, 3.63) is 47.7 Å². The molecule has 0 saturated carbocycles. The molecule has 1 aromatic carbocycles. The van der Waals surface area contributed by atoms with Crippen LogP contribution in [0.1, 0.15) is 24.6 Å². The maximum atomic E-state index is 4.47. The van der Waals surface area contributed by atoms with Crippen LogP contribution in [0.5, 0.6) is 0 Å². The summed E-state index contributed by atoms with van der Waals surface area (Å²) in [5.41, 5.74) is 3.39. The predicted molar refractivity (Wildman–Crippen MR) is 65.8 cm³/mol. The van der Waals surface area contributed by atoms with Crippen molar-refractivity contribution in [2.24, 2.45) is 0 Å². The number of allylic oxidation sites excluding steroid dienone is 1. The molecule has 1 heterocycles. The summed E-state index contributed by atoms with van der Waals surface area (Å²) >= 11 is 0. The van der Waals surface area contributed by atoms with Crippen LogP contribution in [0.15, 0.2) is 36.4 Å². The average Bonchev–Trinajstić information content (AvgIpc) is 2.26. The van der Waals surface area contributed by atoms with Crippen LogP contribution in [0.2, 0.25) is 0 Å². The predicted octanol–water partition coefficient (Wildman–Crippen LogP) is 3.97. The monoisotopic (exact) mass is 197 g/mol. The Morgan fingerprint density at radius 2 is 2.07 bits per heavy atom. The summed E-state index contributed by atoms with van der Waals surface area (Å²) in [6.07, 6.45) is 5.40. The fourth-order valence-electron chi connectivity index (χ4n) is 1.60. The number of hydrogen-bond donors (Lipinski definition) is 0. The third kappa shape index (κ3) is 2.24. The molecule has 0 unspecified atom stereocenters. The average molecular weight is 197 g/mol. The van der Waals surface area contributed by atoms with Crippen molar-refractivity contribution in [2.45, 2.75) is 20.3 Å². The number of fused-ring (bicyclic) bond motifs is 1. The smallest absolute Gasteiger partial charge is 0.0705 e. The lowest BCUT2D eigenvalue weighted by molar-refractivity contribution is 1.23. The van der Waals surface area contributed by atoms with E-state index in [1.54, 1.807) is 0 Å². The molecule has 0 saturated heterocycles. The van der Waals surface area contributed by atoms with E-state index in [0.29, 0.717) is 0 Å². The molecule has 76 valence electrons. The van der Waals surface area contributed by atoms with Crippen molar-refractivity contribution in [3.63, 3.8) is 0 Å². The van der Waals surface area contributed by atoms with Gasteiger partial charge in [-0.3, -0.25) is 4.98 Å². The van der Waals surface area contributed by atoms with E-state index in [9.17, 15) is 0 Å². The molecule has 0 aliphatic carbocycles. The van der Waals surface area contributed by atoms with Crippen molar-refractivity contribution in [1.82, 2.24) is 4.98 Å². The van der Waals surface area contributed by atoms with Gasteiger partial charge in [0.15, 0.2) is 0 Å². The fraction of sp³-hybridized carbons (Fsp3) is 0.214. The van der Waals surface area contributed by atoms with Gasteiger partial charge in [0.25, 0.3) is 0 Å². The number of rotatable bonds is 2. The van der Waals surface area contributed by atoms with E-state index >= 15 is 0 Å². The molecular formula is C14H15N. The standard InChI is InChI=1S/C14H15N/c1-3-4-5-12-7-9-14-13(10-12)8-6-11(2)15-14/h4-10H,3H2,1-2H3/b5-4+. The molecule has 0 spiro atoms. The third-order valence-corrected chi connectivity index (χ3v) is 2.40. The van der Waals surface area contributed by atoms with Gasteiger partial charge in [-0.25, -0.2) is 0 Å². The fourth-order valence-corrected chi connectivity index (χ4v) is 1.60. The zero-order valence-corrected chi connectivity index (χ0v) is 9.20. The maximum Gasteiger partial charge on any atom is 0.0705 e. The summed E-state index contributed by atoms with van der Waals surface area (Å²) in [7, 11) is 0. The first-order valence-corrected chi connectivity index (χ1v) is 5.33. The number of benzene rings is 1. The Kier molecular flexibility index (Phi) is 2.82. The van der Waals surface area contributed by atoms with Crippen LogP contribution < -0.4 is 0 Å². The summed E-state index contributed by atoms with van der Waals surface area (Å²) in [5, 5.41) is 1.21. The van der Waals surface area contributed by atoms with Crippen LogP contribution in [-0.2, 0) is 0 Å². The lowest BCUT2D eigenvalue weighted by atomic mass is 10.1. The highest BCUT2D eigenvalue weighted by Crippen LogP contribution is 2.15. The quantitative estimate of drug-likeness (QED) is 0.710. The van der Waals surface area contributed by atoms with Crippen LogP contribution in [0.25, 0.3) is 17.0 Å². The van der Waals surface area contributed by atoms with E-state index in [0.717, 1.165) is 17.6 Å². The van der Waals surface area contributed by atoms with Crippen LogP contribution in [0.4, 0.5) is 0 Å². The second-order valence-corrected chi connectivity index (χ2v) is 3.72. The summed E-state index contributed by atoms with van der Waals surface area (Å²) < 4.78 is 0. The molecule has 1 aromatic heterocycles. The second-order valence-electron chi connectivity index (χ2n) is 3.72. The van der Waals surface area contributed by atoms with Gasteiger partial charge < -0.3 is 0 Å². The Morgan fingerprint density at radius 3 is 2.87 bits per heavy atom. The zero-order chi connectivity index (χ0) is 10.7.